The van der Waals surface area contributed by atoms with Crippen molar-refractivity contribution in [2.24, 2.45) is 5.92 Å². The molecule has 2 amide bonds. The van der Waals surface area contributed by atoms with Gasteiger partial charge < -0.3 is 25.0 Å². The van der Waals surface area contributed by atoms with Gasteiger partial charge in [-0.25, -0.2) is 9.97 Å². The number of ketones is 1. The summed E-state index contributed by atoms with van der Waals surface area (Å²) in [6.45, 7) is 3.89. The van der Waals surface area contributed by atoms with Gasteiger partial charge in [-0.3, -0.25) is 19.8 Å². The standard InChI is InChI=1S/C28H36N6O5/c1-17-11-24(28(37)33-19-5-6-20(12-19)38-3)34(15-17)26(36)14-32-23-8-7-21(13-22(23)27(29)18(2)35)39-16-25-30-9-4-10-31-25/h4,7-10,13,17,19-20,24,29,32H,5-6,11-12,14-16H2,1-3H3,(H,33,37)/t17-,19-,20-,24+/m1/s1. The number of methoxy groups -OCH3 is 1. The zero-order valence-corrected chi connectivity index (χ0v) is 22.6. The monoisotopic (exact) mass is 536 g/mol. The molecule has 39 heavy (non-hydrogen) atoms. The molecule has 1 aliphatic carbocycles. The molecule has 0 spiro atoms. The minimum absolute atomic E-state index is 0.0581. The van der Waals surface area contributed by atoms with Gasteiger partial charge in [-0.2, -0.15) is 0 Å². The molecule has 11 heteroatoms. The van der Waals surface area contributed by atoms with Crippen molar-refractivity contribution in [2.75, 3.05) is 25.5 Å². The zero-order chi connectivity index (χ0) is 27.9. The molecular weight excluding hydrogens is 500 g/mol. The van der Waals surface area contributed by atoms with Crippen molar-refractivity contribution in [3.63, 3.8) is 0 Å². The van der Waals surface area contributed by atoms with Crippen molar-refractivity contribution in [3.05, 3.63) is 48.0 Å². The highest BCUT2D eigenvalue weighted by molar-refractivity contribution is 6.45. The second-order valence-electron chi connectivity index (χ2n) is 10.2. The van der Waals surface area contributed by atoms with Crippen molar-refractivity contribution in [3.8, 4) is 5.75 Å². The van der Waals surface area contributed by atoms with E-state index in [1.54, 1.807) is 48.7 Å². The molecular formula is C28H36N6O5. The fraction of sp³-hybridized carbons (Fsp3) is 0.500. The Hall–Kier alpha value is -3.86. The topological polar surface area (TPSA) is 147 Å². The number of Topliss-reactive ketones (excluding diaryl/α,β-unsaturated/α-hetero) is 1. The Kier molecular flexibility index (Phi) is 9.23. The smallest absolute Gasteiger partial charge is 0.243 e. The van der Waals surface area contributed by atoms with Crippen LogP contribution in [0.1, 0.15) is 50.9 Å². The lowest BCUT2D eigenvalue weighted by molar-refractivity contribution is -0.137. The Morgan fingerprint density at radius 2 is 1.92 bits per heavy atom. The number of likely N-dealkylation sites (tertiary alicyclic amines) is 1. The molecule has 0 unspecified atom stereocenters. The maximum Gasteiger partial charge on any atom is 0.243 e. The number of aromatic nitrogens is 2. The molecule has 2 aliphatic rings. The number of anilines is 1. The largest absolute Gasteiger partial charge is 0.486 e. The minimum Gasteiger partial charge on any atom is -0.486 e. The van der Waals surface area contributed by atoms with Gasteiger partial charge in [-0.15, -0.1) is 0 Å². The van der Waals surface area contributed by atoms with Crippen LogP contribution in [0.25, 0.3) is 0 Å². The molecule has 11 nitrogen and oxygen atoms in total. The first-order valence-corrected chi connectivity index (χ1v) is 13.2. The predicted molar refractivity (Wildman–Crippen MR) is 145 cm³/mol. The number of hydrogen-bond acceptors (Lipinski definition) is 9. The van der Waals surface area contributed by atoms with Gasteiger partial charge in [0.1, 0.15) is 24.1 Å². The minimum atomic E-state index is -0.526. The van der Waals surface area contributed by atoms with Crippen molar-refractivity contribution < 1.29 is 23.9 Å². The summed E-state index contributed by atoms with van der Waals surface area (Å²) in [4.78, 5) is 48.3. The van der Waals surface area contributed by atoms with Crippen LogP contribution in [-0.2, 0) is 25.7 Å². The second-order valence-corrected chi connectivity index (χ2v) is 10.2. The van der Waals surface area contributed by atoms with E-state index in [0.29, 0.717) is 35.8 Å². The molecule has 4 rings (SSSR count). The molecule has 2 heterocycles. The number of carbonyl (C=O) groups is 3. The van der Waals surface area contributed by atoms with E-state index in [-0.39, 0.29) is 48.7 Å². The number of carbonyl (C=O) groups excluding carboxylic acids is 3. The number of nitrogens with one attached hydrogen (secondary N) is 3. The summed E-state index contributed by atoms with van der Waals surface area (Å²) >= 11 is 0. The van der Waals surface area contributed by atoms with Crippen LogP contribution >= 0.6 is 0 Å². The average Bonchev–Trinajstić information content (AvgIpc) is 3.57. The summed E-state index contributed by atoms with van der Waals surface area (Å²) in [7, 11) is 1.68. The molecule has 0 bridgehead atoms. The summed E-state index contributed by atoms with van der Waals surface area (Å²) < 4.78 is 11.2. The van der Waals surface area contributed by atoms with Gasteiger partial charge in [0.15, 0.2) is 11.6 Å². The van der Waals surface area contributed by atoms with Crippen LogP contribution in [-0.4, -0.2) is 76.6 Å². The van der Waals surface area contributed by atoms with Gasteiger partial charge in [0.05, 0.1) is 12.6 Å². The number of nitrogens with zero attached hydrogens (tertiary/aromatic N) is 3. The third-order valence-corrected chi connectivity index (χ3v) is 7.23. The van der Waals surface area contributed by atoms with Crippen LogP contribution in [0.4, 0.5) is 5.69 Å². The first-order chi connectivity index (χ1) is 18.7. The van der Waals surface area contributed by atoms with Gasteiger partial charge in [-0.05, 0) is 55.9 Å². The number of hydrogen-bond donors (Lipinski definition) is 3. The molecule has 1 saturated carbocycles. The summed E-state index contributed by atoms with van der Waals surface area (Å²) in [6, 6.07) is 6.19. The first-order valence-electron chi connectivity index (χ1n) is 13.2. The van der Waals surface area contributed by atoms with Crippen molar-refractivity contribution in [1.82, 2.24) is 20.2 Å². The Morgan fingerprint density at radius 1 is 1.15 bits per heavy atom. The molecule has 2 fully saturated rings. The molecule has 2 aromatic rings. The van der Waals surface area contributed by atoms with Crippen LogP contribution < -0.4 is 15.4 Å². The molecule has 1 saturated heterocycles. The van der Waals surface area contributed by atoms with E-state index < -0.39 is 11.8 Å². The number of ether oxygens (including phenoxy) is 2. The number of amides is 2. The second kappa shape index (κ2) is 12.8. The van der Waals surface area contributed by atoms with E-state index in [4.69, 9.17) is 14.9 Å². The van der Waals surface area contributed by atoms with E-state index in [1.165, 1.54) is 6.92 Å². The molecule has 1 aromatic heterocycles. The van der Waals surface area contributed by atoms with Crippen LogP contribution in [0.3, 0.4) is 0 Å². The predicted octanol–water partition coefficient (Wildman–Crippen LogP) is 2.35. The highest BCUT2D eigenvalue weighted by atomic mass is 16.5. The molecule has 208 valence electrons. The normalized spacial score (nSPS) is 22.4. The van der Waals surface area contributed by atoms with E-state index in [9.17, 15) is 14.4 Å². The fourth-order valence-corrected chi connectivity index (χ4v) is 5.14. The van der Waals surface area contributed by atoms with Gasteiger partial charge in [0, 0.05) is 50.3 Å². The SMILES string of the molecule is CO[C@@H]1CC[C@@H](NC(=O)[C@@H]2C[C@@H](C)CN2C(=O)CNc2ccc(OCc3ncccn3)cc2C(=N)C(C)=O)C1. The van der Waals surface area contributed by atoms with Crippen LogP contribution in [0.5, 0.6) is 5.75 Å². The van der Waals surface area contributed by atoms with Crippen LogP contribution in [0.15, 0.2) is 36.7 Å². The summed E-state index contributed by atoms with van der Waals surface area (Å²) in [5.41, 5.74) is 0.570. The van der Waals surface area contributed by atoms with Crippen LogP contribution in [0, 0.1) is 11.3 Å². The van der Waals surface area contributed by atoms with Crippen molar-refractivity contribution in [1.29, 1.82) is 5.41 Å². The summed E-state index contributed by atoms with van der Waals surface area (Å²) in [5, 5.41) is 14.5. The van der Waals surface area contributed by atoms with Gasteiger partial charge in [-0.1, -0.05) is 6.92 Å². The summed E-state index contributed by atoms with van der Waals surface area (Å²) in [5.74, 6) is 0.374. The van der Waals surface area contributed by atoms with Gasteiger partial charge in [0.25, 0.3) is 0 Å². The molecule has 1 aliphatic heterocycles. The third-order valence-electron chi connectivity index (χ3n) is 7.23. The first kappa shape index (κ1) is 28.2. The van der Waals surface area contributed by atoms with Gasteiger partial charge in [0.2, 0.25) is 11.8 Å². The number of benzene rings is 1. The van der Waals surface area contributed by atoms with E-state index in [1.807, 2.05) is 6.92 Å². The molecule has 1 aromatic carbocycles. The number of rotatable bonds is 11. The Morgan fingerprint density at radius 3 is 2.62 bits per heavy atom. The van der Waals surface area contributed by atoms with E-state index in [2.05, 4.69) is 20.6 Å². The van der Waals surface area contributed by atoms with E-state index >= 15 is 0 Å². The van der Waals surface area contributed by atoms with Crippen molar-refractivity contribution in [2.45, 2.75) is 64.3 Å². The zero-order valence-electron chi connectivity index (χ0n) is 22.6. The average molecular weight is 537 g/mol. The lowest BCUT2D eigenvalue weighted by atomic mass is 10.0. The fourth-order valence-electron chi connectivity index (χ4n) is 5.14. The highest BCUT2D eigenvalue weighted by Crippen LogP contribution is 2.27. The van der Waals surface area contributed by atoms with E-state index in [0.717, 1.165) is 19.3 Å². The Bertz CT molecular complexity index is 1210. The molecule has 0 radical (unpaired) electrons. The lowest BCUT2D eigenvalue weighted by Gasteiger charge is -2.26. The van der Waals surface area contributed by atoms with Crippen LogP contribution in [0.2, 0.25) is 0 Å². The third kappa shape index (κ3) is 7.17. The summed E-state index contributed by atoms with van der Waals surface area (Å²) in [6.07, 6.45) is 6.56. The Labute approximate surface area is 228 Å². The highest BCUT2D eigenvalue weighted by Gasteiger charge is 2.39. The van der Waals surface area contributed by atoms with Gasteiger partial charge >= 0.3 is 0 Å². The maximum atomic E-state index is 13.3. The maximum absolute atomic E-state index is 13.3. The molecule has 3 N–H and O–H groups in total. The lowest BCUT2D eigenvalue weighted by Crippen LogP contribution is -2.49. The molecule has 4 atom stereocenters. The Balaban J connectivity index is 1.41. The van der Waals surface area contributed by atoms with Crippen molar-refractivity contribution >= 4 is 29.0 Å². The quantitative estimate of drug-likeness (QED) is 0.371.